The Balaban J connectivity index is 4.17. The van der Waals surface area contributed by atoms with Gasteiger partial charge in [0, 0.05) is 0 Å². The third-order valence-corrected chi connectivity index (χ3v) is 1.99. The Morgan fingerprint density at radius 1 is 1.54 bits per heavy atom. The van der Waals surface area contributed by atoms with Crippen molar-refractivity contribution in [1.82, 2.24) is 0 Å². The molecule has 0 aromatic heterocycles. The Morgan fingerprint density at radius 3 is 2.54 bits per heavy atom. The normalized spacial score (nSPS) is 14.3. The third-order valence-electron chi connectivity index (χ3n) is 1.99. The maximum Gasteiger partial charge on any atom is 0.323 e. The van der Waals surface area contributed by atoms with Crippen molar-refractivity contribution < 1.29 is 9.53 Å². The van der Waals surface area contributed by atoms with E-state index in [4.69, 9.17) is 10.00 Å². The molecule has 0 radical (unpaired) electrons. The number of carbonyl (C=O) groups is 1. The minimum atomic E-state index is -0.597. The molecular weight excluding hydrogens is 166 g/mol. The van der Waals surface area contributed by atoms with Crippen LogP contribution in [0.5, 0.6) is 0 Å². The van der Waals surface area contributed by atoms with E-state index in [0.29, 0.717) is 6.61 Å². The molecule has 2 atom stereocenters. The standard InChI is InChI=1S/C10H17NO2/c1-4-6-8(3)9(7-11)10(12)13-5-2/h8-9H,4-6H2,1-3H3/t8-,9-/m1/s1. The maximum atomic E-state index is 11.2. The van der Waals surface area contributed by atoms with E-state index in [1.54, 1.807) is 6.92 Å². The summed E-state index contributed by atoms with van der Waals surface area (Å²) in [5.41, 5.74) is 0. The molecule has 3 heteroatoms. The van der Waals surface area contributed by atoms with Gasteiger partial charge in [-0.15, -0.1) is 0 Å². The van der Waals surface area contributed by atoms with Crippen LogP contribution in [0.4, 0.5) is 0 Å². The predicted octanol–water partition coefficient (Wildman–Crippen LogP) is 2.13. The van der Waals surface area contributed by atoms with Gasteiger partial charge < -0.3 is 4.74 Å². The van der Waals surface area contributed by atoms with Crippen LogP contribution in [0.2, 0.25) is 0 Å². The maximum absolute atomic E-state index is 11.2. The number of esters is 1. The van der Waals surface area contributed by atoms with Crippen molar-refractivity contribution in [3.8, 4) is 6.07 Å². The smallest absolute Gasteiger partial charge is 0.323 e. The molecule has 0 amide bonds. The van der Waals surface area contributed by atoms with E-state index in [2.05, 4.69) is 0 Å². The number of carbonyl (C=O) groups excluding carboxylic acids is 1. The minimum absolute atomic E-state index is 0.0917. The van der Waals surface area contributed by atoms with Crippen LogP contribution in [0.15, 0.2) is 0 Å². The monoisotopic (exact) mass is 183 g/mol. The van der Waals surface area contributed by atoms with E-state index in [1.807, 2.05) is 19.9 Å². The fourth-order valence-electron chi connectivity index (χ4n) is 1.27. The van der Waals surface area contributed by atoms with E-state index in [1.165, 1.54) is 0 Å². The summed E-state index contributed by atoms with van der Waals surface area (Å²) >= 11 is 0. The first-order valence-electron chi connectivity index (χ1n) is 4.73. The van der Waals surface area contributed by atoms with Crippen LogP contribution in [-0.2, 0) is 9.53 Å². The molecular formula is C10H17NO2. The molecule has 0 fully saturated rings. The highest BCUT2D eigenvalue weighted by molar-refractivity contribution is 5.75. The van der Waals surface area contributed by atoms with Gasteiger partial charge in [0.05, 0.1) is 12.7 Å². The minimum Gasteiger partial charge on any atom is -0.465 e. The first kappa shape index (κ1) is 12.0. The Hall–Kier alpha value is -1.04. The summed E-state index contributed by atoms with van der Waals surface area (Å²) in [7, 11) is 0. The van der Waals surface area contributed by atoms with Crippen molar-refractivity contribution in [1.29, 1.82) is 5.26 Å². The fourth-order valence-corrected chi connectivity index (χ4v) is 1.27. The molecule has 0 heterocycles. The second-order valence-electron chi connectivity index (χ2n) is 3.12. The molecule has 0 saturated heterocycles. The van der Waals surface area contributed by atoms with Gasteiger partial charge in [-0.05, 0) is 19.3 Å². The van der Waals surface area contributed by atoms with Crippen molar-refractivity contribution in [2.24, 2.45) is 11.8 Å². The molecule has 0 aromatic carbocycles. The van der Waals surface area contributed by atoms with E-state index in [9.17, 15) is 4.79 Å². The lowest BCUT2D eigenvalue weighted by Gasteiger charge is -2.14. The number of ether oxygens (including phenoxy) is 1. The number of rotatable bonds is 5. The predicted molar refractivity (Wildman–Crippen MR) is 49.8 cm³/mol. The summed E-state index contributed by atoms with van der Waals surface area (Å²) < 4.78 is 4.80. The van der Waals surface area contributed by atoms with Crippen LogP contribution in [-0.4, -0.2) is 12.6 Å². The largest absolute Gasteiger partial charge is 0.465 e. The van der Waals surface area contributed by atoms with E-state index in [-0.39, 0.29) is 11.9 Å². The highest BCUT2D eigenvalue weighted by Gasteiger charge is 2.25. The zero-order chi connectivity index (χ0) is 10.3. The van der Waals surface area contributed by atoms with Crippen molar-refractivity contribution in [2.75, 3.05) is 6.61 Å². The second kappa shape index (κ2) is 6.47. The molecule has 0 aliphatic rings. The molecule has 3 nitrogen and oxygen atoms in total. The number of hydrogen-bond donors (Lipinski definition) is 0. The molecule has 0 aromatic rings. The number of nitriles is 1. The van der Waals surface area contributed by atoms with Gasteiger partial charge in [-0.2, -0.15) is 5.26 Å². The summed E-state index contributed by atoms with van der Waals surface area (Å²) in [4.78, 5) is 11.2. The van der Waals surface area contributed by atoms with Gasteiger partial charge in [0.1, 0.15) is 5.92 Å². The average molecular weight is 183 g/mol. The third kappa shape index (κ3) is 3.93. The molecule has 0 aliphatic carbocycles. The van der Waals surface area contributed by atoms with Crippen molar-refractivity contribution in [3.63, 3.8) is 0 Å². The molecule has 0 aliphatic heterocycles. The van der Waals surface area contributed by atoms with Gasteiger partial charge in [0.2, 0.25) is 0 Å². The van der Waals surface area contributed by atoms with Crippen molar-refractivity contribution >= 4 is 5.97 Å². The first-order valence-corrected chi connectivity index (χ1v) is 4.73. The zero-order valence-corrected chi connectivity index (χ0v) is 8.54. The highest BCUT2D eigenvalue weighted by Crippen LogP contribution is 2.17. The molecule has 0 saturated carbocycles. The van der Waals surface area contributed by atoms with E-state index in [0.717, 1.165) is 12.8 Å². The van der Waals surface area contributed by atoms with Crippen LogP contribution in [0.25, 0.3) is 0 Å². The SMILES string of the molecule is CCC[C@@H](C)[C@@H](C#N)C(=O)OCC. The lowest BCUT2D eigenvalue weighted by Crippen LogP contribution is -2.22. The average Bonchev–Trinajstić information content (AvgIpc) is 2.06. The Morgan fingerprint density at radius 2 is 2.15 bits per heavy atom. The summed E-state index contributed by atoms with van der Waals surface area (Å²) in [6.45, 7) is 6.04. The van der Waals surface area contributed by atoms with E-state index < -0.39 is 5.92 Å². The summed E-state index contributed by atoms with van der Waals surface area (Å²) in [6.07, 6.45) is 1.87. The Kier molecular flexibility index (Phi) is 5.96. The van der Waals surface area contributed by atoms with E-state index >= 15 is 0 Å². The number of nitrogens with zero attached hydrogens (tertiary/aromatic N) is 1. The van der Waals surface area contributed by atoms with Crippen molar-refractivity contribution in [2.45, 2.75) is 33.6 Å². The first-order chi connectivity index (χ1) is 6.17. The summed E-state index contributed by atoms with van der Waals surface area (Å²) in [5.74, 6) is -0.889. The molecule has 13 heavy (non-hydrogen) atoms. The van der Waals surface area contributed by atoms with Crippen LogP contribution in [0.1, 0.15) is 33.6 Å². The Labute approximate surface area is 79.7 Å². The van der Waals surface area contributed by atoms with Gasteiger partial charge in [-0.25, -0.2) is 0 Å². The second-order valence-corrected chi connectivity index (χ2v) is 3.12. The lowest BCUT2D eigenvalue weighted by atomic mass is 9.91. The van der Waals surface area contributed by atoms with Crippen LogP contribution < -0.4 is 0 Å². The van der Waals surface area contributed by atoms with Crippen LogP contribution >= 0.6 is 0 Å². The molecule has 0 bridgehead atoms. The van der Waals surface area contributed by atoms with Gasteiger partial charge in [-0.3, -0.25) is 4.79 Å². The van der Waals surface area contributed by atoms with Gasteiger partial charge in [0.25, 0.3) is 0 Å². The summed E-state index contributed by atoms with van der Waals surface area (Å²) in [5, 5.41) is 8.77. The van der Waals surface area contributed by atoms with Crippen LogP contribution in [0.3, 0.4) is 0 Å². The quantitative estimate of drug-likeness (QED) is 0.613. The molecule has 0 spiro atoms. The van der Waals surface area contributed by atoms with Crippen molar-refractivity contribution in [3.05, 3.63) is 0 Å². The van der Waals surface area contributed by atoms with Crippen LogP contribution in [0, 0.1) is 23.2 Å². The van der Waals surface area contributed by atoms with Gasteiger partial charge in [-0.1, -0.05) is 20.3 Å². The summed E-state index contributed by atoms with van der Waals surface area (Å²) in [6, 6.07) is 2.00. The molecule has 74 valence electrons. The molecule has 0 N–H and O–H groups in total. The van der Waals surface area contributed by atoms with Gasteiger partial charge in [0.15, 0.2) is 0 Å². The molecule has 0 rings (SSSR count). The topological polar surface area (TPSA) is 50.1 Å². The Bertz CT molecular complexity index is 196. The molecule has 0 unspecified atom stereocenters. The van der Waals surface area contributed by atoms with Gasteiger partial charge >= 0.3 is 5.97 Å². The lowest BCUT2D eigenvalue weighted by molar-refractivity contribution is -0.147. The number of hydrogen-bond acceptors (Lipinski definition) is 3. The zero-order valence-electron chi connectivity index (χ0n) is 8.54. The fraction of sp³-hybridized carbons (Fsp3) is 0.800. The highest BCUT2D eigenvalue weighted by atomic mass is 16.5.